The molecule has 2 aliphatic rings. The summed E-state index contributed by atoms with van der Waals surface area (Å²) in [5.41, 5.74) is 8.35. The van der Waals surface area contributed by atoms with Crippen molar-refractivity contribution in [3.63, 3.8) is 0 Å². The number of nitrogens with one attached hydrogen (secondary N) is 1. The Kier molecular flexibility index (Phi) is 13.9. The number of hydrogen-bond donors (Lipinski definition) is 2. The maximum atomic E-state index is 15.0. The first-order valence-electron chi connectivity index (χ1n) is 22.5. The van der Waals surface area contributed by atoms with Crippen molar-refractivity contribution in [2.45, 2.75) is 115 Å². The first-order chi connectivity index (χ1) is 31.9. The van der Waals surface area contributed by atoms with E-state index in [-0.39, 0.29) is 56.9 Å². The van der Waals surface area contributed by atoms with Crippen LogP contribution < -0.4 is 5.73 Å². The zero-order valence-corrected chi connectivity index (χ0v) is 38.6. The first kappa shape index (κ1) is 47.4. The van der Waals surface area contributed by atoms with Gasteiger partial charge in [-0.1, -0.05) is 37.0 Å². The Hall–Kier alpha value is -6.14. The molecule has 2 fully saturated rings. The summed E-state index contributed by atoms with van der Waals surface area (Å²) in [5, 5.41) is 0.774. The smallest absolute Gasteiger partial charge is 0.306 e. The molecule has 67 heavy (non-hydrogen) atoms. The van der Waals surface area contributed by atoms with Crippen molar-refractivity contribution in [3.05, 3.63) is 114 Å². The maximum Gasteiger partial charge on any atom is 0.306 e. The van der Waals surface area contributed by atoms with E-state index in [1.807, 2.05) is 27.7 Å². The van der Waals surface area contributed by atoms with E-state index >= 15 is 0 Å². The van der Waals surface area contributed by atoms with Gasteiger partial charge < -0.3 is 15.5 Å². The normalized spacial score (nSPS) is 19.0. The van der Waals surface area contributed by atoms with Gasteiger partial charge in [-0.25, -0.2) is 59.9 Å². The van der Waals surface area contributed by atoms with Crippen LogP contribution in [0.15, 0.2) is 78.5 Å². The van der Waals surface area contributed by atoms with Gasteiger partial charge in [0, 0.05) is 46.8 Å². The zero-order valence-electron chi connectivity index (χ0n) is 37.8. The number of carbonyl (C=O) groups is 1. The third kappa shape index (κ3) is 11.2. The predicted molar refractivity (Wildman–Crippen MR) is 245 cm³/mol. The number of fused-ring (bicyclic) bond motifs is 2. The summed E-state index contributed by atoms with van der Waals surface area (Å²) < 4.78 is 90.6. The van der Waals surface area contributed by atoms with Crippen molar-refractivity contribution in [1.82, 2.24) is 38.9 Å². The maximum absolute atomic E-state index is 15.0. The number of aromatic amines is 1. The van der Waals surface area contributed by atoms with E-state index in [4.69, 9.17) is 10.5 Å². The molecule has 13 nitrogen and oxygen atoms in total. The molecule has 6 heterocycles. The van der Waals surface area contributed by atoms with Crippen LogP contribution in [0.25, 0.3) is 44.8 Å². The third-order valence-electron chi connectivity index (χ3n) is 12.3. The van der Waals surface area contributed by atoms with Crippen molar-refractivity contribution >= 4 is 38.1 Å². The van der Waals surface area contributed by atoms with Crippen LogP contribution in [0.3, 0.4) is 0 Å². The molecule has 18 heteroatoms. The molecule has 0 saturated heterocycles. The number of carbonyl (C=O) groups excluding carboxylic acids is 1. The highest BCUT2D eigenvalue weighted by atomic mass is 32.2. The summed E-state index contributed by atoms with van der Waals surface area (Å²) in [6.45, 7) is 7.36. The van der Waals surface area contributed by atoms with Crippen LogP contribution in [0.4, 0.5) is 17.6 Å². The van der Waals surface area contributed by atoms with Gasteiger partial charge in [-0.2, -0.15) is 0 Å². The van der Waals surface area contributed by atoms with Gasteiger partial charge in [0.25, 0.3) is 10.0 Å². The topological polar surface area (TPSA) is 185 Å². The fourth-order valence-corrected chi connectivity index (χ4v) is 10.5. The van der Waals surface area contributed by atoms with Crippen molar-refractivity contribution in [2.24, 2.45) is 23.5 Å². The number of aromatic nitrogens is 8. The Balaban J connectivity index is 0.000000206. The molecule has 2 saturated carbocycles. The molecule has 9 rings (SSSR count). The largest absolute Gasteiger partial charge is 0.460 e. The molecule has 1 aromatic carbocycles. The molecule has 7 aromatic rings. The number of benzene rings is 1. The second kappa shape index (κ2) is 19.6. The van der Waals surface area contributed by atoms with Crippen LogP contribution in [0.1, 0.15) is 95.5 Å². The second-order valence-electron chi connectivity index (χ2n) is 18.8. The number of pyridine rings is 2. The lowest BCUT2D eigenvalue weighted by atomic mass is 9.78. The average Bonchev–Trinajstić information content (AvgIpc) is 3.87. The van der Waals surface area contributed by atoms with E-state index in [9.17, 15) is 30.8 Å². The number of nitrogens with two attached hydrogens (primary N) is 1. The van der Waals surface area contributed by atoms with Gasteiger partial charge in [0.05, 0.1) is 41.1 Å². The highest BCUT2D eigenvalue weighted by Crippen LogP contribution is 2.36. The molecular formula is C49H53F4N9O4S. The lowest BCUT2D eigenvalue weighted by Gasteiger charge is -2.29. The molecule has 352 valence electrons. The fourth-order valence-electron chi connectivity index (χ4n) is 9.21. The quantitative estimate of drug-likeness (QED) is 0.0983. The molecule has 3 N–H and O–H groups in total. The van der Waals surface area contributed by atoms with Gasteiger partial charge >= 0.3 is 5.97 Å². The van der Waals surface area contributed by atoms with Gasteiger partial charge in [0.2, 0.25) is 0 Å². The van der Waals surface area contributed by atoms with Crippen LogP contribution in [-0.4, -0.2) is 64.9 Å². The Labute approximate surface area is 386 Å². The molecule has 0 amide bonds. The summed E-state index contributed by atoms with van der Waals surface area (Å²) in [6, 6.07) is 9.09. The number of ether oxygens (including phenoxy) is 1. The third-order valence-corrected chi connectivity index (χ3v) is 14.0. The van der Waals surface area contributed by atoms with E-state index in [2.05, 4.69) is 34.9 Å². The zero-order chi connectivity index (χ0) is 47.6. The highest BCUT2D eigenvalue weighted by molar-refractivity contribution is 7.90. The van der Waals surface area contributed by atoms with Gasteiger partial charge in [0.1, 0.15) is 22.9 Å². The van der Waals surface area contributed by atoms with Crippen molar-refractivity contribution in [2.75, 3.05) is 0 Å². The number of hydrogen-bond acceptors (Lipinski definition) is 11. The Morgan fingerprint density at radius 3 is 2.00 bits per heavy atom. The molecule has 0 spiro atoms. The monoisotopic (exact) mass is 939 g/mol. The van der Waals surface area contributed by atoms with Gasteiger partial charge in [0.15, 0.2) is 28.9 Å². The van der Waals surface area contributed by atoms with Gasteiger partial charge in [-0.05, 0) is 115 Å². The second-order valence-corrected chi connectivity index (χ2v) is 20.6. The highest BCUT2D eigenvalue weighted by Gasteiger charge is 2.29. The molecule has 2 aliphatic carbocycles. The Morgan fingerprint density at radius 2 is 1.36 bits per heavy atom. The summed E-state index contributed by atoms with van der Waals surface area (Å²) >= 11 is 0. The van der Waals surface area contributed by atoms with E-state index in [0.29, 0.717) is 53.3 Å². The summed E-state index contributed by atoms with van der Waals surface area (Å²) in [4.78, 5) is 40.6. The minimum atomic E-state index is -4.09. The molecule has 4 atom stereocenters. The van der Waals surface area contributed by atoms with E-state index in [0.717, 1.165) is 79.5 Å². The molecule has 6 aromatic heterocycles. The number of H-pyrrole nitrogens is 1. The van der Waals surface area contributed by atoms with E-state index in [1.165, 1.54) is 36.7 Å². The standard InChI is InChI=1S/C31H34F2N4O4S.C18H19F2N5/c1-19-8-10-23(11-9-19)42(39,40)37-18-25(24-15-22(32)16-35-30(24)37)29-34-17-26(33)27(36-29)13-20-6-5-7-21(12-20)14-28(38)41-31(2,3)4;19-11-6-13-14(8-23-17(13)22-7-11)18-24-9-15(20)16(25-18)5-10-2-1-3-12(21)4-10/h8-11,15-18,20-21H,5-7,12-14H2,1-4H3;6-10,12H,1-5,21H2,(H,22,23)/t20-,21+;10-,12+/m00/s1. The lowest BCUT2D eigenvalue weighted by molar-refractivity contribution is -0.156. The molecule has 0 bridgehead atoms. The first-order valence-corrected chi connectivity index (χ1v) is 24.0. The molecule has 0 aliphatic heterocycles. The summed E-state index contributed by atoms with van der Waals surface area (Å²) in [6.07, 6.45) is 16.0. The lowest BCUT2D eigenvalue weighted by Crippen LogP contribution is -2.29. The summed E-state index contributed by atoms with van der Waals surface area (Å²) in [5.74, 6) is -1.29. The molecular weight excluding hydrogens is 887 g/mol. The molecule has 0 unspecified atom stereocenters. The minimum Gasteiger partial charge on any atom is -0.460 e. The number of halogens is 4. The van der Waals surface area contributed by atoms with Crippen molar-refractivity contribution < 1.29 is 35.5 Å². The van der Waals surface area contributed by atoms with Crippen LogP contribution in [0.2, 0.25) is 0 Å². The minimum absolute atomic E-state index is 0.0127. The SMILES string of the molecule is Cc1ccc(S(=O)(=O)n2cc(-c3ncc(F)c(C[C@H]4CCC[C@@H](CC(=O)OC(C)(C)C)C4)n3)c3cc(F)cnc32)cc1.N[C@@H]1CCC[C@H](Cc2nc(-c3c[nH]c4ncc(F)cc34)ncc2F)C1. The predicted octanol–water partition coefficient (Wildman–Crippen LogP) is 9.76. The number of aryl methyl sites for hydroxylation is 1. The Morgan fingerprint density at radius 1 is 0.776 bits per heavy atom. The number of esters is 1. The number of rotatable bonds is 10. The fraction of sp³-hybridized carbons (Fsp3) is 0.408. The molecule has 0 radical (unpaired) electrons. The summed E-state index contributed by atoms with van der Waals surface area (Å²) in [7, 11) is -4.09. The van der Waals surface area contributed by atoms with Crippen LogP contribution in [0, 0.1) is 47.9 Å². The van der Waals surface area contributed by atoms with E-state index in [1.54, 1.807) is 18.3 Å². The van der Waals surface area contributed by atoms with Gasteiger partial charge in [-0.15, -0.1) is 0 Å². The number of nitrogens with zero attached hydrogens (tertiary/aromatic N) is 7. The van der Waals surface area contributed by atoms with E-state index < -0.39 is 38.9 Å². The Bertz CT molecular complexity index is 3030. The van der Waals surface area contributed by atoms with Crippen LogP contribution in [0.5, 0.6) is 0 Å². The average molecular weight is 940 g/mol. The van der Waals surface area contributed by atoms with Crippen molar-refractivity contribution in [3.8, 4) is 22.8 Å². The van der Waals surface area contributed by atoms with Crippen molar-refractivity contribution in [1.29, 1.82) is 0 Å². The van der Waals surface area contributed by atoms with Crippen LogP contribution >= 0.6 is 0 Å². The van der Waals surface area contributed by atoms with Crippen LogP contribution in [-0.2, 0) is 32.4 Å². The van der Waals surface area contributed by atoms with Gasteiger partial charge in [-0.3, -0.25) is 4.79 Å².